The van der Waals surface area contributed by atoms with Crippen LogP contribution < -0.4 is 15.4 Å². The van der Waals surface area contributed by atoms with Gasteiger partial charge in [0.25, 0.3) is 0 Å². The lowest BCUT2D eigenvalue weighted by Crippen LogP contribution is -2.37. The summed E-state index contributed by atoms with van der Waals surface area (Å²) in [5.74, 6) is 2.67. The van der Waals surface area contributed by atoms with Crippen LogP contribution in [-0.4, -0.2) is 36.6 Å². The van der Waals surface area contributed by atoms with Crippen molar-refractivity contribution in [2.75, 3.05) is 20.7 Å². The average molecular weight is 479 g/mol. The van der Waals surface area contributed by atoms with Gasteiger partial charge in [-0.25, -0.2) is 4.98 Å². The monoisotopic (exact) mass is 479 g/mol. The molecule has 0 bridgehead atoms. The van der Waals surface area contributed by atoms with E-state index in [9.17, 15) is 0 Å². The molecular weight excluding hydrogens is 453 g/mol. The first-order chi connectivity index (χ1) is 12.8. The smallest absolute Gasteiger partial charge is 0.191 e. The van der Waals surface area contributed by atoms with E-state index < -0.39 is 0 Å². The molecule has 0 aliphatic carbocycles. The number of benzene rings is 2. The molecule has 0 aliphatic heterocycles. The largest absolute Gasteiger partial charge is 0.496 e. The number of methoxy groups -OCH3 is 1. The first-order valence-corrected chi connectivity index (χ1v) is 8.80. The Morgan fingerprint density at radius 1 is 1.11 bits per heavy atom. The molecule has 0 radical (unpaired) electrons. The van der Waals surface area contributed by atoms with Crippen LogP contribution in [0.25, 0.3) is 11.0 Å². The number of hydrogen-bond acceptors (Lipinski definition) is 3. The number of imidazole rings is 1. The van der Waals surface area contributed by atoms with Gasteiger partial charge in [0.1, 0.15) is 11.6 Å². The third-order valence-corrected chi connectivity index (χ3v) is 4.18. The number of nitrogens with one attached hydrogen (secondary N) is 3. The van der Waals surface area contributed by atoms with Crippen molar-refractivity contribution in [3.8, 4) is 5.75 Å². The molecule has 3 aromatic rings. The zero-order valence-electron chi connectivity index (χ0n) is 15.7. The van der Waals surface area contributed by atoms with Crippen LogP contribution in [0.15, 0.2) is 53.5 Å². The Labute approximate surface area is 176 Å². The van der Waals surface area contributed by atoms with Gasteiger partial charge in [-0.3, -0.25) is 4.99 Å². The van der Waals surface area contributed by atoms with Crippen LogP contribution in [0, 0.1) is 0 Å². The molecule has 1 heterocycles. The zero-order valence-corrected chi connectivity index (χ0v) is 18.0. The predicted octanol–water partition coefficient (Wildman–Crippen LogP) is 3.49. The number of guanidine groups is 1. The Hall–Kier alpha value is -2.29. The fourth-order valence-electron chi connectivity index (χ4n) is 2.84. The lowest BCUT2D eigenvalue weighted by molar-refractivity contribution is 0.409. The number of rotatable bonds is 7. The summed E-state index contributed by atoms with van der Waals surface area (Å²) < 4.78 is 5.37. The summed E-state index contributed by atoms with van der Waals surface area (Å²) in [6.07, 6.45) is 1.86. The van der Waals surface area contributed by atoms with Crippen molar-refractivity contribution < 1.29 is 4.74 Å². The maximum absolute atomic E-state index is 5.37. The highest BCUT2D eigenvalue weighted by molar-refractivity contribution is 14.0. The number of para-hydroxylation sites is 3. The van der Waals surface area contributed by atoms with Crippen LogP contribution in [0.2, 0.25) is 0 Å². The molecule has 3 rings (SSSR count). The highest BCUT2D eigenvalue weighted by Crippen LogP contribution is 2.16. The second-order valence-electron chi connectivity index (χ2n) is 5.97. The highest BCUT2D eigenvalue weighted by atomic mass is 127. The molecule has 6 nitrogen and oxygen atoms in total. The van der Waals surface area contributed by atoms with Crippen molar-refractivity contribution in [3.63, 3.8) is 0 Å². The fourth-order valence-corrected chi connectivity index (χ4v) is 2.84. The van der Waals surface area contributed by atoms with Gasteiger partial charge in [0, 0.05) is 32.1 Å². The molecule has 7 heteroatoms. The molecule has 27 heavy (non-hydrogen) atoms. The predicted molar refractivity (Wildman–Crippen MR) is 121 cm³/mol. The van der Waals surface area contributed by atoms with Crippen LogP contribution in [0.1, 0.15) is 17.8 Å². The minimum atomic E-state index is 0. The average Bonchev–Trinajstić information content (AvgIpc) is 3.10. The quantitative estimate of drug-likeness (QED) is 0.210. The van der Waals surface area contributed by atoms with Crippen molar-refractivity contribution in [2.45, 2.75) is 19.4 Å². The van der Waals surface area contributed by atoms with Crippen LogP contribution in [0.5, 0.6) is 5.75 Å². The first kappa shape index (κ1) is 21.0. The van der Waals surface area contributed by atoms with E-state index >= 15 is 0 Å². The van der Waals surface area contributed by atoms with E-state index in [-0.39, 0.29) is 24.0 Å². The summed E-state index contributed by atoms with van der Waals surface area (Å²) in [5, 5.41) is 6.65. The normalized spacial score (nSPS) is 11.1. The summed E-state index contributed by atoms with van der Waals surface area (Å²) >= 11 is 0. The number of hydrogen-bond donors (Lipinski definition) is 3. The van der Waals surface area contributed by atoms with Gasteiger partial charge in [-0.1, -0.05) is 30.3 Å². The van der Waals surface area contributed by atoms with Crippen molar-refractivity contribution >= 4 is 41.0 Å². The van der Waals surface area contributed by atoms with E-state index in [4.69, 9.17) is 4.74 Å². The summed E-state index contributed by atoms with van der Waals surface area (Å²) in [5.41, 5.74) is 3.20. The molecule has 1 aromatic heterocycles. The second-order valence-corrected chi connectivity index (χ2v) is 5.97. The van der Waals surface area contributed by atoms with E-state index in [1.54, 1.807) is 14.2 Å². The molecule has 0 amide bonds. The first-order valence-electron chi connectivity index (χ1n) is 8.80. The van der Waals surface area contributed by atoms with Crippen molar-refractivity contribution in [1.29, 1.82) is 0 Å². The molecule has 144 valence electrons. The summed E-state index contributed by atoms with van der Waals surface area (Å²) in [4.78, 5) is 12.2. The third-order valence-electron chi connectivity index (χ3n) is 4.18. The molecule has 0 atom stereocenters. The number of fused-ring (bicyclic) bond motifs is 1. The second kappa shape index (κ2) is 10.8. The number of halogens is 1. The van der Waals surface area contributed by atoms with Gasteiger partial charge < -0.3 is 20.4 Å². The van der Waals surface area contributed by atoms with Gasteiger partial charge in [0.05, 0.1) is 18.1 Å². The molecule has 0 spiro atoms. The van der Waals surface area contributed by atoms with E-state index in [0.717, 1.165) is 53.5 Å². The molecule has 0 saturated heterocycles. The minimum Gasteiger partial charge on any atom is -0.496 e. The fraction of sp³-hybridized carbons (Fsp3) is 0.300. The Balaban J connectivity index is 0.00000261. The Morgan fingerprint density at radius 2 is 1.89 bits per heavy atom. The van der Waals surface area contributed by atoms with Crippen molar-refractivity contribution in [3.05, 3.63) is 59.9 Å². The lowest BCUT2D eigenvalue weighted by Gasteiger charge is -2.13. The van der Waals surface area contributed by atoms with E-state index in [2.05, 4.69) is 25.6 Å². The minimum absolute atomic E-state index is 0. The molecule has 3 N–H and O–H groups in total. The standard InChI is InChI=1S/C20H25N5O.HI/c1-21-20(23-14-15-8-3-6-11-18(15)26-2)22-13-7-12-19-24-16-9-4-5-10-17(16)25-19;/h3-6,8-11H,7,12-14H2,1-2H3,(H,24,25)(H2,21,22,23);1H. The highest BCUT2D eigenvalue weighted by Gasteiger charge is 2.04. The molecule has 2 aromatic carbocycles. The molecule has 0 aliphatic rings. The van der Waals surface area contributed by atoms with Gasteiger partial charge >= 0.3 is 0 Å². The number of aryl methyl sites for hydroxylation is 1. The van der Waals surface area contributed by atoms with Crippen LogP contribution in [0.3, 0.4) is 0 Å². The summed E-state index contributed by atoms with van der Waals surface area (Å²) in [7, 11) is 3.46. The zero-order chi connectivity index (χ0) is 18.2. The van der Waals surface area contributed by atoms with Crippen LogP contribution in [0.4, 0.5) is 0 Å². The van der Waals surface area contributed by atoms with Gasteiger partial charge in [-0.2, -0.15) is 0 Å². The third kappa shape index (κ3) is 5.85. The van der Waals surface area contributed by atoms with Crippen LogP contribution >= 0.6 is 24.0 Å². The Bertz CT molecular complexity index is 844. The number of nitrogens with zero attached hydrogens (tertiary/aromatic N) is 2. The lowest BCUT2D eigenvalue weighted by atomic mass is 10.2. The number of aliphatic imine (C=N–C) groups is 1. The van der Waals surface area contributed by atoms with Gasteiger partial charge in [-0.15, -0.1) is 24.0 Å². The molecule has 0 unspecified atom stereocenters. The van der Waals surface area contributed by atoms with Gasteiger partial charge in [-0.05, 0) is 24.6 Å². The van der Waals surface area contributed by atoms with Gasteiger partial charge in [0.2, 0.25) is 0 Å². The summed E-state index contributed by atoms with van der Waals surface area (Å²) in [6, 6.07) is 16.1. The number of aromatic amines is 1. The van der Waals surface area contributed by atoms with Crippen LogP contribution in [-0.2, 0) is 13.0 Å². The number of H-pyrrole nitrogens is 1. The topological polar surface area (TPSA) is 74.3 Å². The molecule has 0 saturated carbocycles. The summed E-state index contributed by atoms with van der Waals surface area (Å²) in [6.45, 7) is 1.48. The SMILES string of the molecule is CN=C(NCCCc1nc2ccccc2[nH]1)NCc1ccccc1OC.I. The molecule has 0 fully saturated rings. The Morgan fingerprint density at radius 3 is 2.67 bits per heavy atom. The number of aromatic nitrogens is 2. The van der Waals surface area contributed by atoms with Crippen molar-refractivity contribution in [2.24, 2.45) is 4.99 Å². The molecular formula is C20H26IN5O. The van der Waals surface area contributed by atoms with E-state index in [1.807, 2.05) is 48.5 Å². The van der Waals surface area contributed by atoms with Crippen molar-refractivity contribution in [1.82, 2.24) is 20.6 Å². The van der Waals surface area contributed by atoms with Gasteiger partial charge in [0.15, 0.2) is 5.96 Å². The van der Waals surface area contributed by atoms with E-state index in [0.29, 0.717) is 6.54 Å². The number of ether oxygens (including phenoxy) is 1. The maximum atomic E-state index is 5.37. The van der Waals surface area contributed by atoms with E-state index in [1.165, 1.54) is 0 Å². The maximum Gasteiger partial charge on any atom is 0.191 e. The Kier molecular flexibility index (Phi) is 8.38.